The van der Waals surface area contributed by atoms with Crippen LogP contribution in [0.15, 0.2) is 21.3 Å². The van der Waals surface area contributed by atoms with E-state index in [-0.39, 0.29) is 11.3 Å². The zero-order valence-corrected chi connectivity index (χ0v) is 19.5. The molecule has 0 aromatic carbocycles. The summed E-state index contributed by atoms with van der Waals surface area (Å²) in [6, 6.07) is 0.120. The molecule has 0 heterocycles. The van der Waals surface area contributed by atoms with Gasteiger partial charge in [-0.05, 0) is 107 Å². The molecule has 0 amide bonds. The SMILES string of the molecule is C[C@]12CC[C@@H](NS(=O)(=O)C3CC3)CC1=CC[C@@H]1[C@@H]2CC[C@]2(C)C(I)=CC[C@@H]12. The second-order valence-electron chi connectivity index (χ2n) is 10.3. The van der Waals surface area contributed by atoms with Crippen molar-refractivity contribution in [2.45, 2.75) is 82.9 Å². The van der Waals surface area contributed by atoms with Gasteiger partial charge in [0.15, 0.2) is 0 Å². The van der Waals surface area contributed by atoms with Crippen molar-refractivity contribution in [3.05, 3.63) is 21.3 Å². The van der Waals surface area contributed by atoms with E-state index in [1.54, 1.807) is 9.15 Å². The van der Waals surface area contributed by atoms with Crippen LogP contribution in [-0.4, -0.2) is 19.7 Å². The Bertz CT molecular complexity index is 814. The normalized spacial score (nSPS) is 46.8. The van der Waals surface area contributed by atoms with Gasteiger partial charge in [-0.2, -0.15) is 0 Å². The molecule has 27 heavy (non-hydrogen) atoms. The number of hydrogen-bond acceptors (Lipinski definition) is 2. The first-order chi connectivity index (χ1) is 12.7. The molecule has 0 aliphatic heterocycles. The van der Waals surface area contributed by atoms with E-state index in [2.05, 4.69) is 53.3 Å². The highest BCUT2D eigenvalue weighted by molar-refractivity contribution is 14.1. The Balaban J connectivity index is 1.36. The number of sulfonamides is 1. The fourth-order valence-electron chi connectivity index (χ4n) is 6.98. The summed E-state index contributed by atoms with van der Waals surface area (Å²) in [7, 11) is -3.08. The molecule has 5 aliphatic carbocycles. The molecule has 0 radical (unpaired) electrons. The quantitative estimate of drug-likeness (QED) is 0.420. The fourth-order valence-corrected chi connectivity index (χ4v) is 9.52. The minimum Gasteiger partial charge on any atom is -0.212 e. The average Bonchev–Trinajstić information content (AvgIpc) is 3.42. The number of allylic oxidation sites excluding steroid dienone is 3. The van der Waals surface area contributed by atoms with E-state index in [0.717, 1.165) is 49.9 Å². The Morgan fingerprint density at radius 1 is 1.00 bits per heavy atom. The van der Waals surface area contributed by atoms with Gasteiger partial charge in [0.1, 0.15) is 0 Å². The van der Waals surface area contributed by atoms with E-state index in [9.17, 15) is 8.42 Å². The van der Waals surface area contributed by atoms with Crippen LogP contribution in [0.1, 0.15) is 71.6 Å². The van der Waals surface area contributed by atoms with Crippen LogP contribution in [0.25, 0.3) is 0 Å². The van der Waals surface area contributed by atoms with Crippen molar-refractivity contribution in [3.8, 4) is 0 Å². The van der Waals surface area contributed by atoms with Crippen LogP contribution in [0.5, 0.6) is 0 Å². The number of hydrogen-bond donors (Lipinski definition) is 1. The molecule has 1 N–H and O–H groups in total. The summed E-state index contributed by atoms with van der Waals surface area (Å²) in [4.78, 5) is 0. The second-order valence-corrected chi connectivity index (χ2v) is 13.5. The maximum absolute atomic E-state index is 12.4. The second kappa shape index (κ2) is 6.31. The van der Waals surface area contributed by atoms with Gasteiger partial charge in [0.25, 0.3) is 0 Å². The van der Waals surface area contributed by atoms with Crippen LogP contribution in [0.4, 0.5) is 0 Å². The van der Waals surface area contributed by atoms with Crippen molar-refractivity contribution >= 4 is 32.6 Å². The first-order valence-corrected chi connectivity index (χ1v) is 13.4. The smallest absolute Gasteiger partial charge is 0.212 e. The average molecular weight is 501 g/mol. The number of fused-ring (bicyclic) bond motifs is 5. The van der Waals surface area contributed by atoms with Crippen LogP contribution >= 0.6 is 22.6 Å². The molecule has 6 atom stereocenters. The highest BCUT2D eigenvalue weighted by Gasteiger charge is 2.56. The van der Waals surface area contributed by atoms with Gasteiger partial charge in [0, 0.05) is 11.5 Å². The van der Waals surface area contributed by atoms with Crippen LogP contribution in [0.3, 0.4) is 0 Å². The van der Waals surface area contributed by atoms with Crippen LogP contribution < -0.4 is 4.72 Å². The van der Waals surface area contributed by atoms with E-state index in [4.69, 9.17) is 0 Å². The third kappa shape index (κ3) is 2.92. The van der Waals surface area contributed by atoms with Crippen LogP contribution in [0.2, 0.25) is 0 Å². The Morgan fingerprint density at radius 2 is 1.74 bits per heavy atom. The van der Waals surface area contributed by atoms with Crippen molar-refractivity contribution in [1.82, 2.24) is 4.72 Å². The number of halogens is 1. The van der Waals surface area contributed by atoms with E-state index >= 15 is 0 Å². The van der Waals surface area contributed by atoms with Gasteiger partial charge in [-0.3, -0.25) is 0 Å². The van der Waals surface area contributed by atoms with E-state index < -0.39 is 10.0 Å². The summed E-state index contributed by atoms with van der Waals surface area (Å²) in [5, 5.41) is -0.108. The third-order valence-corrected chi connectivity index (χ3v) is 12.6. The monoisotopic (exact) mass is 501 g/mol. The topological polar surface area (TPSA) is 46.2 Å². The number of rotatable bonds is 3. The first-order valence-electron chi connectivity index (χ1n) is 10.8. The lowest BCUT2D eigenvalue weighted by Gasteiger charge is -2.57. The molecule has 0 saturated heterocycles. The zero-order valence-electron chi connectivity index (χ0n) is 16.5. The molecule has 3 fully saturated rings. The van der Waals surface area contributed by atoms with Crippen molar-refractivity contribution in [3.63, 3.8) is 0 Å². The standard InChI is InChI=1S/C22H32INO2S/c1-21-11-9-15(24-27(25,26)16-4-5-16)13-14(21)3-6-17-18-7-8-20(23)22(18,2)12-10-19(17)21/h3,8,15-19,24H,4-7,9-13H2,1-2H3/t15-,17+,18+,19+,21+,22+/m1/s1. The molecule has 0 aromatic heterocycles. The fraction of sp³-hybridized carbons (Fsp3) is 0.818. The molecule has 0 bridgehead atoms. The molecule has 5 aliphatic rings. The first kappa shape index (κ1) is 19.1. The molecule has 0 unspecified atom stereocenters. The van der Waals surface area contributed by atoms with Crippen molar-refractivity contribution in [1.29, 1.82) is 0 Å². The molecule has 5 heteroatoms. The largest absolute Gasteiger partial charge is 0.214 e. The lowest BCUT2D eigenvalue weighted by molar-refractivity contribution is -0.0154. The summed E-state index contributed by atoms with van der Waals surface area (Å²) in [5.41, 5.74) is 2.27. The Hall–Kier alpha value is 0.120. The summed E-state index contributed by atoms with van der Waals surface area (Å²) >= 11 is 2.59. The maximum atomic E-state index is 12.4. The van der Waals surface area contributed by atoms with Gasteiger partial charge in [-0.25, -0.2) is 13.1 Å². The van der Waals surface area contributed by atoms with Gasteiger partial charge >= 0.3 is 0 Å². The summed E-state index contributed by atoms with van der Waals surface area (Å²) in [6.07, 6.45) is 14.9. The zero-order chi connectivity index (χ0) is 19.0. The molecule has 3 saturated carbocycles. The van der Waals surface area contributed by atoms with Gasteiger partial charge < -0.3 is 0 Å². The minimum atomic E-state index is -3.08. The highest BCUT2D eigenvalue weighted by atomic mass is 127. The highest BCUT2D eigenvalue weighted by Crippen LogP contribution is 2.65. The third-order valence-electron chi connectivity index (χ3n) is 8.88. The molecular weight excluding hydrogens is 469 g/mol. The van der Waals surface area contributed by atoms with Crippen LogP contribution in [0, 0.1) is 28.6 Å². The predicted molar refractivity (Wildman–Crippen MR) is 118 cm³/mol. The summed E-state index contributed by atoms with van der Waals surface area (Å²) in [6.45, 7) is 5.00. The van der Waals surface area contributed by atoms with Crippen molar-refractivity contribution in [2.75, 3.05) is 0 Å². The maximum Gasteiger partial charge on any atom is 0.214 e. The summed E-state index contributed by atoms with van der Waals surface area (Å²) < 4.78 is 29.4. The lowest BCUT2D eigenvalue weighted by Crippen LogP contribution is -2.51. The molecule has 150 valence electrons. The summed E-state index contributed by atoms with van der Waals surface area (Å²) in [5.74, 6) is 2.40. The molecule has 3 nitrogen and oxygen atoms in total. The number of nitrogens with one attached hydrogen (secondary N) is 1. The van der Waals surface area contributed by atoms with Gasteiger partial charge in [-0.1, -0.05) is 31.6 Å². The van der Waals surface area contributed by atoms with Crippen molar-refractivity contribution < 1.29 is 8.42 Å². The van der Waals surface area contributed by atoms with Gasteiger partial charge in [0.2, 0.25) is 10.0 Å². The lowest BCUT2D eigenvalue weighted by atomic mass is 9.48. The Kier molecular flexibility index (Phi) is 4.46. The molecule has 0 aromatic rings. The molecule has 0 spiro atoms. The van der Waals surface area contributed by atoms with E-state index in [1.807, 2.05) is 0 Å². The molecular formula is C22H32INO2S. The predicted octanol–water partition coefficient (Wildman–Crippen LogP) is 5.33. The Morgan fingerprint density at radius 3 is 2.48 bits per heavy atom. The van der Waals surface area contributed by atoms with Gasteiger partial charge in [0.05, 0.1) is 5.25 Å². The minimum absolute atomic E-state index is 0.108. The Labute approximate surface area is 178 Å². The van der Waals surface area contributed by atoms with Crippen molar-refractivity contribution in [2.24, 2.45) is 28.6 Å². The van der Waals surface area contributed by atoms with Crippen LogP contribution in [-0.2, 0) is 10.0 Å². The van der Waals surface area contributed by atoms with E-state index in [1.165, 1.54) is 25.7 Å². The molecule has 5 rings (SSSR count). The van der Waals surface area contributed by atoms with E-state index in [0.29, 0.717) is 10.8 Å². The van der Waals surface area contributed by atoms with Gasteiger partial charge in [-0.15, -0.1) is 0 Å².